The number of benzene rings is 1. The number of rotatable bonds is 4. The van der Waals surface area contributed by atoms with E-state index in [9.17, 15) is 10.0 Å². The predicted octanol–water partition coefficient (Wildman–Crippen LogP) is 1.60. The van der Waals surface area contributed by atoms with Crippen LogP contribution in [0.5, 0.6) is 11.5 Å². The Morgan fingerprint density at radius 1 is 1.54 bits per heavy atom. The van der Waals surface area contributed by atoms with Crippen molar-refractivity contribution >= 4 is 0 Å². The first-order valence-corrected chi connectivity index (χ1v) is 3.58. The maximum Gasteiger partial charge on any atom is 0.160 e. The summed E-state index contributed by atoms with van der Waals surface area (Å²) in [5, 5.41) is 11.5. The zero-order valence-electron chi connectivity index (χ0n) is 7.06. The Morgan fingerprint density at radius 3 is 2.92 bits per heavy atom. The molecule has 0 fully saturated rings. The van der Waals surface area contributed by atoms with Crippen LogP contribution in [0.15, 0.2) is 23.5 Å². The minimum absolute atomic E-state index is 0.0466. The van der Waals surface area contributed by atoms with Crippen LogP contribution < -0.4 is 4.74 Å². The molecule has 0 heterocycles. The normalized spacial score (nSPS) is 9.31. The van der Waals surface area contributed by atoms with Gasteiger partial charge in [0.05, 0.1) is 7.11 Å². The second-order valence-electron chi connectivity index (χ2n) is 2.35. The summed E-state index contributed by atoms with van der Waals surface area (Å²) in [6, 6.07) is 4.64. The van der Waals surface area contributed by atoms with Crippen LogP contribution in [0.2, 0.25) is 0 Å². The molecule has 70 valence electrons. The second-order valence-corrected chi connectivity index (χ2v) is 2.35. The lowest BCUT2D eigenvalue weighted by Crippen LogP contribution is -1.89. The molecule has 0 saturated heterocycles. The van der Waals surface area contributed by atoms with Crippen LogP contribution in [0, 0.1) is 4.91 Å². The fraction of sp³-hybridized carbons (Fsp3) is 0.250. The van der Waals surface area contributed by atoms with E-state index in [4.69, 9.17) is 4.74 Å². The Labute approximate surface area is 74.8 Å². The van der Waals surface area contributed by atoms with E-state index in [1.54, 1.807) is 12.1 Å². The van der Waals surface area contributed by atoms with Crippen LogP contribution in [-0.2, 0) is 11.4 Å². The van der Waals surface area contributed by atoms with Gasteiger partial charge in [-0.2, -0.15) is 0 Å². The summed E-state index contributed by atoms with van der Waals surface area (Å²) in [7, 11) is 1.44. The summed E-state index contributed by atoms with van der Waals surface area (Å²) in [6.07, 6.45) is 0. The number of methoxy groups -OCH3 is 1. The van der Waals surface area contributed by atoms with Crippen molar-refractivity contribution in [1.29, 1.82) is 0 Å². The van der Waals surface area contributed by atoms with Gasteiger partial charge in [0.15, 0.2) is 16.8 Å². The first-order chi connectivity index (χ1) is 6.27. The molecule has 13 heavy (non-hydrogen) atoms. The van der Waals surface area contributed by atoms with Crippen molar-refractivity contribution in [2.45, 2.75) is 6.61 Å². The number of hydrogen-bond acceptors (Lipinski definition) is 5. The highest BCUT2D eigenvalue weighted by Crippen LogP contribution is 2.26. The largest absolute Gasteiger partial charge is 0.504 e. The zero-order chi connectivity index (χ0) is 9.68. The molecule has 0 aliphatic rings. The van der Waals surface area contributed by atoms with Gasteiger partial charge < -0.3 is 14.7 Å². The summed E-state index contributed by atoms with van der Waals surface area (Å²) in [5.41, 5.74) is 0.703. The minimum Gasteiger partial charge on any atom is -0.504 e. The molecule has 0 aromatic heterocycles. The lowest BCUT2D eigenvalue weighted by atomic mass is 10.2. The molecular weight excluding hydrogens is 174 g/mol. The molecule has 0 bridgehead atoms. The minimum atomic E-state index is 0.0466. The number of phenolic OH excluding ortho intramolecular Hbond substituents is 1. The molecule has 0 aliphatic carbocycles. The summed E-state index contributed by atoms with van der Waals surface area (Å²) in [4.78, 5) is 13.9. The van der Waals surface area contributed by atoms with Crippen molar-refractivity contribution in [3.05, 3.63) is 28.7 Å². The van der Waals surface area contributed by atoms with Crippen molar-refractivity contribution in [2.75, 3.05) is 7.11 Å². The third-order valence-electron chi connectivity index (χ3n) is 1.53. The highest BCUT2D eigenvalue weighted by Gasteiger charge is 2.02. The maximum atomic E-state index is 9.65. The van der Waals surface area contributed by atoms with E-state index in [1.165, 1.54) is 13.2 Å². The summed E-state index contributed by atoms with van der Waals surface area (Å²) in [6.45, 7) is 0.0696. The molecule has 5 heteroatoms. The summed E-state index contributed by atoms with van der Waals surface area (Å²) < 4.78 is 4.85. The maximum absolute atomic E-state index is 9.65. The fourth-order valence-electron chi connectivity index (χ4n) is 0.913. The zero-order valence-corrected chi connectivity index (χ0v) is 7.06. The van der Waals surface area contributed by atoms with Crippen molar-refractivity contribution in [3.63, 3.8) is 0 Å². The molecule has 1 aromatic rings. The van der Waals surface area contributed by atoms with Crippen LogP contribution in [0.1, 0.15) is 5.56 Å². The van der Waals surface area contributed by atoms with Crippen molar-refractivity contribution in [1.82, 2.24) is 0 Å². The third-order valence-corrected chi connectivity index (χ3v) is 1.53. The van der Waals surface area contributed by atoms with Crippen LogP contribution in [0.25, 0.3) is 0 Å². The lowest BCUT2D eigenvalue weighted by Gasteiger charge is -2.04. The molecule has 0 spiro atoms. The van der Waals surface area contributed by atoms with Crippen LogP contribution in [0.3, 0.4) is 0 Å². The van der Waals surface area contributed by atoms with Crippen molar-refractivity contribution in [2.24, 2.45) is 5.34 Å². The van der Waals surface area contributed by atoms with Gasteiger partial charge in [-0.05, 0) is 17.7 Å². The first kappa shape index (κ1) is 9.31. The lowest BCUT2D eigenvalue weighted by molar-refractivity contribution is 0.125. The number of nitrogens with zero attached hydrogens (tertiary/aromatic N) is 1. The van der Waals surface area contributed by atoms with E-state index in [-0.39, 0.29) is 12.4 Å². The average molecular weight is 183 g/mol. The quantitative estimate of drug-likeness (QED) is 0.568. The van der Waals surface area contributed by atoms with E-state index >= 15 is 0 Å². The standard InChI is InChI=1S/C8H9NO4/c1-12-8-4-6(5-13-9-11)2-3-7(8)10/h2-4,10H,5H2,1H3. The Morgan fingerprint density at radius 2 is 2.31 bits per heavy atom. The molecule has 0 unspecified atom stereocenters. The van der Waals surface area contributed by atoms with Crippen LogP contribution in [0.4, 0.5) is 0 Å². The molecule has 0 amide bonds. The van der Waals surface area contributed by atoms with Gasteiger partial charge in [-0.25, -0.2) is 0 Å². The number of phenols is 1. The van der Waals surface area contributed by atoms with Gasteiger partial charge in [0.1, 0.15) is 6.61 Å². The highest BCUT2D eigenvalue weighted by molar-refractivity contribution is 5.41. The van der Waals surface area contributed by atoms with E-state index in [1.807, 2.05) is 0 Å². The van der Waals surface area contributed by atoms with Gasteiger partial charge in [-0.3, -0.25) is 0 Å². The van der Waals surface area contributed by atoms with E-state index < -0.39 is 0 Å². The van der Waals surface area contributed by atoms with E-state index in [0.717, 1.165) is 0 Å². The number of aromatic hydroxyl groups is 1. The van der Waals surface area contributed by atoms with Gasteiger partial charge in [-0.15, -0.1) is 4.91 Å². The van der Waals surface area contributed by atoms with E-state index in [2.05, 4.69) is 10.2 Å². The number of hydrogen-bond donors (Lipinski definition) is 1. The second kappa shape index (κ2) is 4.30. The number of ether oxygens (including phenoxy) is 1. The monoisotopic (exact) mass is 183 g/mol. The molecule has 0 radical (unpaired) electrons. The summed E-state index contributed by atoms with van der Waals surface area (Å²) >= 11 is 0. The Balaban J connectivity index is 2.79. The Kier molecular flexibility index (Phi) is 3.08. The van der Waals surface area contributed by atoms with Gasteiger partial charge in [0.25, 0.3) is 0 Å². The average Bonchev–Trinajstić information content (AvgIpc) is 2.16. The SMILES string of the molecule is COc1cc(CON=O)ccc1O. The van der Waals surface area contributed by atoms with Crippen LogP contribution >= 0.6 is 0 Å². The summed E-state index contributed by atoms with van der Waals surface area (Å²) in [5.74, 6) is 0.386. The first-order valence-electron chi connectivity index (χ1n) is 3.58. The molecule has 0 saturated carbocycles. The van der Waals surface area contributed by atoms with Crippen molar-refractivity contribution < 1.29 is 14.7 Å². The van der Waals surface area contributed by atoms with Gasteiger partial charge in [0.2, 0.25) is 0 Å². The molecule has 0 atom stereocenters. The van der Waals surface area contributed by atoms with Gasteiger partial charge in [-0.1, -0.05) is 6.07 Å². The molecule has 1 rings (SSSR count). The van der Waals surface area contributed by atoms with Gasteiger partial charge in [0, 0.05) is 0 Å². The molecule has 1 aromatic carbocycles. The molecular formula is C8H9NO4. The Bertz CT molecular complexity index is 300. The highest BCUT2D eigenvalue weighted by atomic mass is 16.7. The topological polar surface area (TPSA) is 68.1 Å². The smallest absolute Gasteiger partial charge is 0.160 e. The Hall–Kier alpha value is -1.78. The van der Waals surface area contributed by atoms with Crippen molar-refractivity contribution in [3.8, 4) is 11.5 Å². The molecule has 1 N–H and O–H groups in total. The molecule has 0 aliphatic heterocycles. The van der Waals surface area contributed by atoms with Gasteiger partial charge >= 0.3 is 0 Å². The van der Waals surface area contributed by atoms with Crippen LogP contribution in [-0.4, -0.2) is 12.2 Å². The third kappa shape index (κ3) is 2.33. The molecule has 5 nitrogen and oxygen atoms in total. The predicted molar refractivity (Wildman–Crippen MR) is 45.2 cm³/mol. The van der Waals surface area contributed by atoms with E-state index in [0.29, 0.717) is 11.3 Å². The fourth-order valence-corrected chi connectivity index (χ4v) is 0.913.